The quantitative estimate of drug-likeness (QED) is 0.833. The van der Waals surface area contributed by atoms with Gasteiger partial charge in [0.1, 0.15) is 0 Å². The number of hydrogen-bond donors (Lipinski definition) is 1. The number of aromatic carboxylic acids is 1. The van der Waals surface area contributed by atoms with Crippen LogP contribution in [0.15, 0.2) is 24.3 Å². The average molecular weight is 222 g/mol. The Morgan fingerprint density at radius 2 is 2.00 bits per heavy atom. The van der Waals surface area contributed by atoms with Gasteiger partial charge in [0.25, 0.3) is 0 Å². The summed E-state index contributed by atoms with van der Waals surface area (Å²) in [4.78, 5) is 11.1. The van der Waals surface area contributed by atoms with Gasteiger partial charge in [0, 0.05) is 13.0 Å². The molecule has 1 N–H and O–H groups in total. The monoisotopic (exact) mass is 222 g/mol. The molecule has 1 aromatic carbocycles. The number of benzene rings is 1. The normalized spacial score (nSPS) is 12.8. The second kappa shape index (κ2) is 5.66. The lowest BCUT2D eigenvalue weighted by Crippen LogP contribution is -2.16. The van der Waals surface area contributed by atoms with Crippen LogP contribution in [-0.4, -0.2) is 24.8 Å². The van der Waals surface area contributed by atoms with Crippen LogP contribution in [-0.2, 0) is 4.74 Å². The predicted octanol–water partition coefficient (Wildman–Crippen LogP) is 2.77. The molecule has 3 heteroatoms. The first-order valence-electron chi connectivity index (χ1n) is 5.39. The molecule has 0 fully saturated rings. The van der Waals surface area contributed by atoms with Crippen LogP contribution in [0.2, 0.25) is 0 Å². The highest BCUT2D eigenvalue weighted by Crippen LogP contribution is 2.27. The first-order valence-corrected chi connectivity index (χ1v) is 5.39. The van der Waals surface area contributed by atoms with Crippen LogP contribution in [0.5, 0.6) is 0 Å². The molecular formula is C13H18O3. The molecule has 0 aliphatic carbocycles. The summed E-state index contributed by atoms with van der Waals surface area (Å²) >= 11 is 0. The van der Waals surface area contributed by atoms with Crippen molar-refractivity contribution in [1.82, 2.24) is 0 Å². The standard InChI is InChI=1S/C13H18O3/c1-9(2)12(8-16-3)10-6-4-5-7-11(10)13(14)15/h4-7,9,12H,8H2,1-3H3,(H,14,15). The smallest absolute Gasteiger partial charge is 0.335 e. The SMILES string of the molecule is COCC(c1ccccc1C(=O)O)C(C)C. The molecule has 0 aliphatic heterocycles. The first-order chi connectivity index (χ1) is 7.57. The summed E-state index contributed by atoms with van der Waals surface area (Å²) in [6.07, 6.45) is 0. The lowest BCUT2D eigenvalue weighted by atomic mass is 9.86. The fraction of sp³-hybridized carbons (Fsp3) is 0.462. The van der Waals surface area contributed by atoms with Gasteiger partial charge in [-0.05, 0) is 17.5 Å². The molecule has 0 heterocycles. The van der Waals surface area contributed by atoms with E-state index in [1.165, 1.54) is 0 Å². The van der Waals surface area contributed by atoms with Crippen LogP contribution in [0.3, 0.4) is 0 Å². The Bertz CT molecular complexity index is 358. The van der Waals surface area contributed by atoms with Gasteiger partial charge in [-0.15, -0.1) is 0 Å². The van der Waals surface area contributed by atoms with E-state index in [2.05, 4.69) is 13.8 Å². The summed E-state index contributed by atoms with van der Waals surface area (Å²) in [7, 11) is 1.64. The van der Waals surface area contributed by atoms with E-state index in [4.69, 9.17) is 9.84 Å². The van der Waals surface area contributed by atoms with E-state index in [1.807, 2.05) is 12.1 Å². The van der Waals surface area contributed by atoms with Gasteiger partial charge in [-0.3, -0.25) is 0 Å². The van der Waals surface area contributed by atoms with Crippen molar-refractivity contribution in [2.45, 2.75) is 19.8 Å². The Balaban J connectivity index is 3.12. The van der Waals surface area contributed by atoms with Gasteiger partial charge in [0.05, 0.1) is 12.2 Å². The Morgan fingerprint density at radius 1 is 1.38 bits per heavy atom. The van der Waals surface area contributed by atoms with Gasteiger partial charge in [-0.25, -0.2) is 4.79 Å². The maximum atomic E-state index is 11.1. The molecule has 0 saturated carbocycles. The fourth-order valence-corrected chi connectivity index (χ4v) is 1.84. The van der Waals surface area contributed by atoms with Gasteiger partial charge in [0.2, 0.25) is 0 Å². The Morgan fingerprint density at radius 3 is 2.50 bits per heavy atom. The number of methoxy groups -OCH3 is 1. The lowest BCUT2D eigenvalue weighted by molar-refractivity contribution is 0.0693. The minimum atomic E-state index is -0.877. The van der Waals surface area contributed by atoms with E-state index in [9.17, 15) is 4.79 Å². The summed E-state index contributed by atoms with van der Waals surface area (Å²) in [5.41, 5.74) is 1.23. The first kappa shape index (κ1) is 12.7. The minimum absolute atomic E-state index is 0.122. The second-order valence-electron chi connectivity index (χ2n) is 4.20. The minimum Gasteiger partial charge on any atom is -0.478 e. The largest absolute Gasteiger partial charge is 0.478 e. The predicted molar refractivity (Wildman–Crippen MR) is 62.9 cm³/mol. The molecule has 1 rings (SSSR count). The van der Waals surface area contributed by atoms with Crippen LogP contribution >= 0.6 is 0 Å². The van der Waals surface area contributed by atoms with E-state index in [-0.39, 0.29) is 5.92 Å². The lowest BCUT2D eigenvalue weighted by Gasteiger charge is -2.22. The van der Waals surface area contributed by atoms with E-state index in [0.717, 1.165) is 5.56 Å². The van der Waals surface area contributed by atoms with Crippen molar-refractivity contribution in [3.63, 3.8) is 0 Å². The average Bonchev–Trinajstić information content (AvgIpc) is 2.25. The van der Waals surface area contributed by atoms with Crippen molar-refractivity contribution < 1.29 is 14.6 Å². The number of carboxylic acids is 1. The Labute approximate surface area is 96.1 Å². The third-order valence-corrected chi connectivity index (χ3v) is 2.74. The second-order valence-corrected chi connectivity index (χ2v) is 4.20. The number of rotatable bonds is 5. The van der Waals surface area contributed by atoms with Crippen molar-refractivity contribution in [3.05, 3.63) is 35.4 Å². The van der Waals surface area contributed by atoms with Gasteiger partial charge < -0.3 is 9.84 Å². The molecule has 16 heavy (non-hydrogen) atoms. The summed E-state index contributed by atoms with van der Waals surface area (Å²) in [6.45, 7) is 4.69. The van der Waals surface area contributed by atoms with Crippen LogP contribution in [0.25, 0.3) is 0 Å². The molecule has 0 aliphatic rings. The zero-order chi connectivity index (χ0) is 12.1. The highest BCUT2D eigenvalue weighted by atomic mass is 16.5. The molecule has 1 atom stereocenters. The molecular weight excluding hydrogens is 204 g/mol. The van der Waals surface area contributed by atoms with Crippen LogP contribution in [0.4, 0.5) is 0 Å². The Kier molecular flexibility index (Phi) is 4.50. The molecule has 3 nitrogen and oxygen atoms in total. The van der Waals surface area contributed by atoms with Crippen LogP contribution in [0.1, 0.15) is 35.7 Å². The third kappa shape index (κ3) is 2.83. The number of carbonyl (C=O) groups is 1. The van der Waals surface area contributed by atoms with Gasteiger partial charge in [0.15, 0.2) is 0 Å². The van der Waals surface area contributed by atoms with Gasteiger partial charge >= 0.3 is 5.97 Å². The van der Waals surface area contributed by atoms with Crippen molar-refractivity contribution in [2.24, 2.45) is 5.92 Å². The van der Waals surface area contributed by atoms with E-state index < -0.39 is 5.97 Å². The van der Waals surface area contributed by atoms with Gasteiger partial charge in [-0.2, -0.15) is 0 Å². The molecule has 88 valence electrons. The molecule has 0 radical (unpaired) electrons. The topological polar surface area (TPSA) is 46.5 Å². The maximum absolute atomic E-state index is 11.1. The van der Waals surface area contributed by atoms with E-state index in [0.29, 0.717) is 18.1 Å². The third-order valence-electron chi connectivity index (χ3n) is 2.74. The zero-order valence-electron chi connectivity index (χ0n) is 9.93. The number of ether oxygens (including phenoxy) is 1. The van der Waals surface area contributed by atoms with Crippen molar-refractivity contribution in [2.75, 3.05) is 13.7 Å². The molecule has 0 bridgehead atoms. The maximum Gasteiger partial charge on any atom is 0.335 e. The van der Waals surface area contributed by atoms with Crippen molar-refractivity contribution in [3.8, 4) is 0 Å². The molecule has 0 spiro atoms. The zero-order valence-corrected chi connectivity index (χ0v) is 9.93. The van der Waals surface area contributed by atoms with Gasteiger partial charge in [-0.1, -0.05) is 32.0 Å². The van der Waals surface area contributed by atoms with E-state index in [1.54, 1.807) is 19.2 Å². The highest BCUT2D eigenvalue weighted by molar-refractivity contribution is 5.89. The molecule has 0 amide bonds. The van der Waals surface area contributed by atoms with Crippen molar-refractivity contribution in [1.29, 1.82) is 0 Å². The Hall–Kier alpha value is -1.35. The summed E-state index contributed by atoms with van der Waals surface area (Å²) < 4.78 is 5.16. The summed E-state index contributed by atoms with van der Waals surface area (Å²) in [5, 5.41) is 9.12. The number of carboxylic acid groups (broad SMARTS) is 1. The molecule has 1 aromatic rings. The number of hydrogen-bond acceptors (Lipinski definition) is 2. The molecule has 0 saturated heterocycles. The fourth-order valence-electron chi connectivity index (χ4n) is 1.84. The van der Waals surface area contributed by atoms with Crippen LogP contribution in [0, 0.1) is 5.92 Å². The van der Waals surface area contributed by atoms with Crippen molar-refractivity contribution >= 4 is 5.97 Å². The summed E-state index contributed by atoms with van der Waals surface area (Å²) in [5.74, 6) is -0.407. The van der Waals surface area contributed by atoms with E-state index >= 15 is 0 Å². The summed E-state index contributed by atoms with van der Waals surface area (Å²) in [6, 6.07) is 7.12. The van der Waals surface area contributed by atoms with Crippen LogP contribution < -0.4 is 0 Å². The highest BCUT2D eigenvalue weighted by Gasteiger charge is 2.21. The molecule has 1 unspecified atom stereocenters. The molecule has 0 aromatic heterocycles.